The molecule has 0 radical (unpaired) electrons. The summed E-state index contributed by atoms with van der Waals surface area (Å²) in [5, 5.41) is 2.12. The van der Waals surface area contributed by atoms with Gasteiger partial charge in [-0.2, -0.15) is 0 Å². The molecule has 0 saturated heterocycles. The van der Waals surface area contributed by atoms with Gasteiger partial charge in [-0.3, -0.25) is 0 Å². The van der Waals surface area contributed by atoms with Crippen molar-refractivity contribution in [3.63, 3.8) is 0 Å². The molecule has 3 N–H and O–H groups in total. The number of fused-ring (bicyclic) bond motifs is 2. The summed E-state index contributed by atoms with van der Waals surface area (Å²) in [5.74, 6) is 0.00958. The number of aromatic nitrogens is 4. The summed E-state index contributed by atoms with van der Waals surface area (Å²) in [6.45, 7) is 8.57. The predicted molar refractivity (Wildman–Crippen MR) is 117 cm³/mol. The Morgan fingerprint density at radius 2 is 1.72 bits per heavy atom. The van der Waals surface area contributed by atoms with Crippen LogP contribution in [0.4, 0.5) is 4.39 Å². The summed E-state index contributed by atoms with van der Waals surface area (Å²) in [7, 11) is 0. The molecule has 0 fully saturated rings. The third-order valence-electron chi connectivity index (χ3n) is 5.73. The molecular weight excluding hydrogens is 363 g/mol. The fourth-order valence-corrected chi connectivity index (χ4v) is 4.53. The monoisotopic (exact) mass is 386 g/mol. The number of halogens is 1. The molecule has 5 aromatic rings. The van der Waals surface area contributed by atoms with E-state index >= 15 is 0 Å². The van der Waals surface area contributed by atoms with Gasteiger partial charge in [-0.1, -0.05) is 13.8 Å². The maximum atomic E-state index is 14.4. The lowest BCUT2D eigenvalue weighted by molar-refractivity contribution is 0.630. The van der Waals surface area contributed by atoms with Crippen LogP contribution in [0.5, 0.6) is 0 Å². The smallest absolute Gasteiger partial charge is 0.137 e. The molecule has 0 amide bonds. The van der Waals surface area contributed by atoms with E-state index in [2.05, 4.69) is 53.7 Å². The fraction of sp³-hybridized carbons (Fsp3) is 0.208. The van der Waals surface area contributed by atoms with Crippen molar-refractivity contribution in [3.05, 3.63) is 65.5 Å². The predicted octanol–water partition coefficient (Wildman–Crippen LogP) is 6.59. The maximum absolute atomic E-state index is 14.4. The number of aryl methyl sites for hydroxylation is 2. The quantitative estimate of drug-likeness (QED) is 0.322. The number of aromatic amines is 3. The van der Waals surface area contributed by atoms with Crippen molar-refractivity contribution in [2.75, 3.05) is 0 Å². The van der Waals surface area contributed by atoms with Gasteiger partial charge in [-0.25, -0.2) is 9.37 Å². The first-order valence-corrected chi connectivity index (χ1v) is 9.88. The normalized spacial score (nSPS) is 11.9. The van der Waals surface area contributed by atoms with E-state index in [4.69, 9.17) is 0 Å². The molecule has 0 atom stereocenters. The number of hydrogen-bond donors (Lipinski definition) is 3. The molecule has 5 heteroatoms. The maximum Gasteiger partial charge on any atom is 0.137 e. The van der Waals surface area contributed by atoms with Crippen LogP contribution >= 0.6 is 0 Å². The second-order valence-corrected chi connectivity index (χ2v) is 8.02. The van der Waals surface area contributed by atoms with E-state index in [1.807, 2.05) is 24.7 Å². The number of hydrogen-bond acceptors (Lipinski definition) is 1. The van der Waals surface area contributed by atoms with Crippen LogP contribution in [0.2, 0.25) is 0 Å². The number of rotatable bonds is 3. The van der Waals surface area contributed by atoms with Crippen molar-refractivity contribution in [2.45, 2.75) is 33.6 Å². The number of pyridine rings is 1. The summed E-state index contributed by atoms with van der Waals surface area (Å²) in [5.41, 5.74) is 9.32. The van der Waals surface area contributed by atoms with Gasteiger partial charge in [0.15, 0.2) is 0 Å². The lowest BCUT2D eigenvalue weighted by Gasteiger charge is -2.15. The Hall–Kier alpha value is -3.34. The van der Waals surface area contributed by atoms with Crippen LogP contribution in [0.3, 0.4) is 0 Å². The molecule has 4 heterocycles. The Balaban J connectivity index is 1.88. The molecule has 4 aromatic heterocycles. The van der Waals surface area contributed by atoms with Crippen LogP contribution in [0.25, 0.3) is 44.3 Å². The van der Waals surface area contributed by atoms with Gasteiger partial charge in [0.1, 0.15) is 11.5 Å². The molecule has 0 unspecified atom stereocenters. The van der Waals surface area contributed by atoms with E-state index in [0.29, 0.717) is 0 Å². The molecule has 0 saturated carbocycles. The summed E-state index contributed by atoms with van der Waals surface area (Å²) in [6, 6.07) is 7.25. The first-order valence-electron chi connectivity index (χ1n) is 9.88. The summed E-state index contributed by atoms with van der Waals surface area (Å²) >= 11 is 0. The molecule has 0 aliphatic heterocycles. The lowest BCUT2D eigenvalue weighted by Crippen LogP contribution is -1.96. The highest BCUT2D eigenvalue weighted by atomic mass is 19.1. The highest BCUT2D eigenvalue weighted by Crippen LogP contribution is 2.44. The molecule has 0 aliphatic carbocycles. The van der Waals surface area contributed by atoms with Crippen LogP contribution in [0.1, 0.15) is 36.6 Å². The Morgan fingerprint density at radius 3 is 2.52 bits per heavy atom. The van der Waals surface area contributed by atoms with Gasteiger partial charge in [-0.15, -0.1) is 0 Å². The number of nitrogens with one attached hydrogen (secondary N) is 3. The highest BCUT2D eigenvalue weighted by molar-refractivity contribution is 6.01. The van der Waals surface area contributed by atoms with Crippen LogP contribution in [0.15, 0.2) is 42.9 Å². The van der Waals surface area contributed by atoms with E-state index in [1.54, 1.807) is 12.1 Å². The van der Waals surface area contributed by atoms with Crippen LogP contribution < -0.4 is 0 Å². The topological polar surface area (TPSA) is 60.3 Å². The molecule has 0 spiro atoms. The minimum atomic E-state index is -0.244. The molecule has 0 aliphatic rings. The summed E-state index contributed by atoms with van der Waals surface area (Å²) in [4.78, 5) is 14.5. The van der Waals surface area contributed by atoms with E-state index in [0.717, 1.165) is 44.5 Å². The van der Waals surface area contributed by atoms with Gasteiger partial charge in [0.2, 0.25) is 0 Å². The second kappa shape index (κ2) is 6.34. The minimum absolute atomic E-state index is 0.244. The first kappa shape index (κ1) is 17.7. The number of H-pyrrole nitrogens is 3. The van der Waals surface area contributed by atoms with E-state index < -0.39 is 0 Å². The van der Waals surface area contributed by atoms with Gasteiger partial charge in [-0.05, 0) is 60.7 Å². The van der Waals surface area contributed by atoms with Crippen LogP contribution in [-0.2, 0) is 0 Å². The Bertz CT molecular complexity index is 1370. The van der Waals surface area contributed by atoms with E-state index in [-0.39, 0.29) is 11.7 Å². The van der Waals surface area contributed by atoms with E-state index in [1.165, 1.54) is 16.7 Å². The molecule has 1 aromatic carbocycles. The van der Waals surface area contributed by atoms with Gasteiger partial charge in [0.05, 0.1) is 5.69 Å². The fourth-order valence-electron chi connectivity index (χ4n) is 4.53. The van der Waals surface area contributed by atoms with Gasteiger partial charge >= 0.3 is 0 Å². The van der Waals surface area contributed by atoms with Crippen molar-refractivity contribution in [1.29, 1.82) is 0 Å². The third-order valence-corrected chi connectivity index (χ3v) is 5.73. The van der Waals surface area contributed by atoms with Gasteiger partial charge in [0.25, 0.3) is 0 Å². The van der Waals surface area contributed by atoms with Crippen molar-refractivity contribution < 1.29 is 4.39 Å². The standard InChI is InChI=1S/C24H23FN4/c1-12(2)20-22(21-13(3)11-28-24-17(21)6-8-27-24)14(4)29-23(20)18-9-15(25)10-19-16(18)5-7-26-19/h5-12,26,29H,1-4H3,(H,27,28). The molecule has 0 bridgehead atoms. The molecular formula is C24H23FN4. The van der Waals surface area contributed by atoms with Crippen molar-refractivity contribution in [1.82, 2.24) is 19.9 Å². The van der Waals surface area contributed by atoms with Gasteiger partial charge < -0.3 is 15.0 Å². The Labute approximate surface area is 168 Å². The average Bonchev–Trinajstić information content (AvgIpc) is 3.39. The van der Waals surface area contributed by atoms with Crippen molar-refractivity contribution in [2.24, 2.45) is 0 Å². The Kier molecular flexibility index (Phi) is 3.88. The molecule has 4 nitrogen and oxygen atoms in total. The zero-order valence-electron chi connectivity index (χ0n) is 16.9. The Morgan fingerprint density at radius 1 is 0.966 bits per heavy atom. The van der Waals surface area contributed by atoms with Crippen molar-refractivity contribution in [3.8, 4) is 22.4 Å². The third kappa shape index (κ3) is 2.61. The largest absolute Gasteiger partial charge is 0.361 e. The minimum Gasteiger partial charge on any atom is -0.361 e. The SMILES string of the molecule is Cc1cnc2[nH]ccc2c1-c1c(C)[nH]c(-c2cc(F)cc3[nH]ccc23)c1C(C)C. The summed E-state index contributed by atoms with van der Waals surface area (Å²) in [6.07, 6.45) is 5.70. The number of benzene rings is 1. The van der Waals surface area contributed by atoms with E-state index in [9.17, 15) is 4.39 Å². The lowest BCUT2D eigenvalue weighted by atomic mass is 9.88. The zero-order valence-corrected chi connectivity index (χ0v) is 16.9. The van der Waals surface area contributed by atoms with Crippen LogP contribution in [0, 0.1) is 19.7 Å². The van der Waals surface area contributed by atoms with Crippen molar-refractivity contribution >= 4 is 21.9 Å². The molecule has 146 valence electrons. The molecule has 5 rings (SSSR count). The zero-order chi connectivity index (χ0) is 20.3. The van der Waals surface area contributed by atoms with Gasteiger partial charge in [0, 0.05) is 51.7 Å². The number of nitrogens with zero attached hydrogens (tertiary/aromatic N) is 1. The van der Waals surface area contributed by atoms with Crippen LogP contribution in [-0.4, -0.2) is 19.9 Å². The average molecular weight is 386 g/mol. The second-order valence-electron chi connectivity index (χ2n) is 8.02. The highest BCUT2D eigenvalue weighted by Gasteiger charge is 2.24. The first-order chi connectivity index (χ1) is 14.0. The summed E-state index contributed by atoms with van der Waals surface area (Å²) < 4.78 is 14.4. The molecule has 29 heavy (non-hydrogen) atoms.